The highest BCUT2D eigenvalue weighted by Crippen LogP contribution is 2.19. The summed E-state index contributed by atoms with van der Waals surface area (Å²) in [6.45, 7) is 6.90. The zero-order valence-corrected chi connectivity index (χ0v) is 15.0. The molecule has 1 fully saturated rings. The maximum Gasteiger partial charge on any atom is 0.410 e. The number of benzene rings is 1. The zero-order chi connectivity index (χ0) is 18.4. The van der Waals surface area contributed by atoms with Crippen LogP contribution in [0.5, 0.6) is 0 Å². The third-order valence-electron chi connectivity index (χ3n) is 3.99. The Morgan fingerprint density at radius 3 is 2.60 bits per heavy atom. The lowest BCUT2D eigenvalue weighted by molar-refractivity contribution is -0.126. The molecule has 0 aliphatic carbocycles. The van der Waals surface area contributed by atoms with Gasteiger partial charge < -0.3 is 15.0 Å². The van der Waals surface area contributed by atoms with Crippen molar-refractivity contribution in [3.63, 3.8) is 0 Å². The van der Waals surface area contributed by atoms with Crippen LogP contribution in [0, 0.1) is 17.2 Å². The molecule has 0 radical (unpaired) electrons. The number of hydrogen-bond acceptors (Lipinski definition) is 4. The van der Waals surface area contributed by atoms with E-state index in [2.05, 4.69) is 11.4 Å². The first-order valence-corrected chi connectivity index (χ1v) is 8.53. The fourth-order valence-corrected chi connectivity index (χ4v) is 2.71. The van der Waals surface area contributed by atoms with E-state index in [-0.39, 0.29) is 17.9 Å². The van der Waals surface area contributed by atoms with Crippen LogP contribution in [0.15, 0.2) is 24.3 Å². The molecule has 1 heterocycles. The Balaban J connectivity index is 1.86. The van der Waals surface area contributed by atoms with Gasteiger partial charge in [0, 0.05) is 19.6 Å². The fraction of sp³-hybridized carbons (Fsp3) is 0.526. The van der Waals surface area contributed by atoms with Crippen LogP contribution < -0.4 is 5.32 Å². The minimum Gasteiger partial charge on any atom is -0.444 e. The van der Waals surface area contributed by atoms with Crippen molar-refractivity contribution in [2.24, 2.45) is 5.92 Å². The van der Waals surface area contributed by atoms with Gasteiger partial charge in [-0.3, -0.25) is 4.79 Å². The fourth-order valence-electron chi connectivity index (χ4n) is 2.71. The highest BCUT2D eigenvalue weighted by atomic mass is 16.6. The molecule has 1 N–H and O–H groups in total. The van der Waals surface area contributed by atoms with Crippen LogP contribution in [0.3, 0.4) is 0 Å². The molecule has 6 heteroatoms. The molecule has 1 aliphatic rings. The van der Waals surface area contributed by atoms with E-state index >= 15 is 0 Å². The topological polar surface area (TPSA) is 82.4 Å². The van der Waals surface area contributed by atoms with Crippen molar-refractivity contribution in [3.8, 4) is 6.07 Å². The lowest BCUT2D eigenvalue weighted by Crippen LogP contribution is -2.46. The number of carbonyl (C=O) groups excluding carboxylic acids is 2. The summed E-state index contributed by atoms with van der Waals surface area (Å²) >= 11 is 0. The van der Waals surface area contributed by atoms with E-state index < -0.39 is 5.60 Å². The molecule has 0 spiro atoms. The Morgan fingerprint density at radius 1 is 1.32 bits per heavy atom. The van der Waals surface area contributed by atoms with Crippen molar-refractivity contribution in [1.82, 2.24) is 10.2 Å². The van der Waals surface area contributed by atoms with Crippen LogP contribution in [-0.4, -0.2) is 35.6 Å². The van der Waals surface area contributed by atoms with E-state index in [0.717, 1.165) is 18.4 Å². The molecule has 1 aromatic carbocycles. The summed E-state index contributed by atoms with van der Waals surface area (Å²) in [6.07, 6.45) is 1.18. The highest BCUT2D eigenvalue weighted by molar-refractivity contribution is 5.80. The van der Waals surface area contributed by atoms with E-state index in [9.17, 15) is 9.59 Å². The summed E-state index contributed by atoms with van der Waals surface area (Å²) in [7, 11) is 0. The highest BCUT2D eigenvalue weighted by Gasteiger charge is 2.30. The Morgan fingerprint density at radius 2 is 2.00 bits per heavy atom. The molecular formula is C19H25N3O3. The predicted molar refractivity (Wildman–Crippen MR) is 93.5 cm³/mol. The van der Waals surface area contributed by atoms with E-state index in [1.54, 1.807) is 17.0 Å². The van der Waals surface area contributed by atoms with Crippen molar-refractivity contribution in [1.29, 1.82) is 5.26 Å². The molecule has 1 aromatic rings. The molecule has 0 unspecified atom stereocenters. The predicted octanol–water partition coefficient (Wildman–Crippen LogP) is 2.82. The summed E-state index contributed by atoms with van der Waals surface area (Å²) in [5.41, 5.74) is 0.990. The second kappa shape index (κ2) is 8.02. The number of rotatable bonds is 3. The second-order valence-corrected chi connectivity index (χ2v) is 7.29. The van der Waals surface area contributed by atoms with E-state index in [1.165, 1.54) is 0 Å². The maximum atomic E-state index is 12.4. The summed E-state index contributed by atoms with van der Waals surface area (Å²) in [6, 6.07) is 9.17. The van der Waals surface area contributed by atoms with Crippen LogP contribution in [-0.2, 0) is 16.1 Å². The van der Waals surface area contributed by atoms with Gasteiger partial charge in [0.2, 0.25) is 5.91 Å². The van der Waals surface area contributed by atoms with Gasteiger partial charge in [0.25, 0.3) is 0 Å². The first-order valence-electron chi connectivity index (χ1n) is 8.53. The quantitative estimate of drug-likeness (QED) is 0.915. The standard InChI is InChI=1S/C19H25N3O3/c1-19(2,3)25-18(24)22-10-4-5-16(13-22)17(23)21-12-15-8-6-14(11-20)7-9-15/h6-9,16H,4-5,10,12-13H2,1-3H3,(H,21,23)/t16-/m1/s1. The molecule has 1 saturated heterocycles. The van der Waals surface area contributed by atoms with Crippen molar-refractivity contribution in [2.75, 3.05) is 13.1 Å². The number of hydrogen-bond donors (Lipinski definition) is 1. The van der Waals surface area contributed by atoms with E-state index in [1.807, 2.05) is 32.9 Å². The third kappa shape index (κ3) is 5.79. The number of nitrogens with one attached hydrogen (secondary N) is 1. The molecule has 0 aromatic heterocycles. The Kier molecular flexibility index (Phi) is 6.02. The van der Waals surface area contributed by atoms with Crippen molar-refractivity contribution < 1.29 is 14.3 Å². The van der Waals surface area contributed by atoms with Crippen molar-refractivity contribution in [2.45, 2.75) is 45.8 Å². The number of carbonyl (C=O) groups is 2. The summed E-state index contributed by atoms with van der Waals surface area (Å²) in [4.78, 5) is 26.2. The number of likely N-dealkylation sites (tertiary alicyclic amines) is 1. The Hall–Kier alpha value is -2.55. The molecule has 2 amide bonds. The van der Waals surface area contributed by atoms with Crippen LogP contribution in [0.4, 0.5) is 4.79 Å². The minimum atomic E-state index is -0.540. The van der Waals surface area contributed by atoms with Gasteiger partial charge >= 0.3 is 6.09 Å². The monoisotopic (exact) mass is 343 g/mol. The van der Waals surface area contributed by atoms with Crippen LogP contribution in [0.1, 0.15) is 44.7 Å². The lowest BCUT2D eigenvalue weighted by Gasteiger charge is -2.33. The molecule has 134 valence electrons. The van der Waals surface area contributed by atoms with Gasteiger partial charge in [-0.2, -0.15) is 5.26 Å². The lowest BCUT2D eigenvalue weighted by atomic mass is 9.97. The largest absolute Gasteiger partial charge is 0.444 e. The molecule has 6 nitrogen and oxygen atoms in total. The first-order chi connectivity index (χ1) is 11.8. The molecule has 25 heavy (non-hydrogen) atoms. The Labute approximate surface area is 148 Å². The summed E-state index contributed by atoms with van der Waals surface area (Å²) in [5.74, 6) is -0.280. The van der Waals surface area contributed by atoms with Gasteiger partial charge in [0.1, 0.15) is 5.60 Å². The molecular weight excluding hydrogens is 318 g/mol. The number of nitriles is 1. The van der Waals surface area contributed by atoms with E-state index in [4.69, 9.17) is 10.00 Å². The molecule has 0 bridgehead atoms. The normalized spacial score (nSPS) is 17.5. The number of amides is 2. The van der Waals surface area contributed by atoms with Gasteiger partial charge in [-0.1, -0.05) is 12.1 Å². The van der Waals surface area contributed by atoms with Gasteiger partial charge in [-0.15, -0.1) is 0 Å². The van der Waals surface area contributed by atoms with Crippen molar-refractivity contribution in [3.05, 3.63) is 35.4 Å². The van der Waals surface area contributed by atoms with E-state index in [0.29, 0.717) is 25.2 Å². The summed E-state index contributed by atoms with van der Waals surface area (Å²) in [5, 5.41) is 11.7. The molecule has 0 saturated carbocycles. The van der Waals surface area contributed by atoms with Crippen LogP contribution in [0.25, 0.3) is 0 Å². The SMILES string of the molecule is CC(C)(C)OC(=O)N1CCC[C@@H](C(=O)NCc2ccc(C#N)cc2)C1. The third-order valence-corrected chi connectivity index (χ3v) is 3.99. The average Bonchev–Trinajstić information content (AvgIpc) is 2.58. The van der Waals surface area contributed by atoms with Gasteiger partial charge in [0.15, 0.2) is 0 Å². The number of ether oxygens (including phenoxy) is 1. The Bertz CT molecular complexity index is 656. The molecule has 1 aliphatic heterocycles. The van der Waals surface area contributed by atoms with Crippen LogP contribution >= 0.6 is 0 Å². The van der Waals surface area contributed by atoms with Crippen LogP contribution in [0.2, 0.25) is 0 Å². The van der Waals surface area contributed by atoms with Gasteiger partial charge in [0.05, 0.1) is 17.6 Å². The zero-order valence-electron chi connectivity index (χ0n) is 15.0. The average molecular weight is 343 g/mol. The second-order valence-electron chi connectivity index (χ2n) is 7.29. The van der Waals surface area contributed by atoms with Gasteiger partial charge in [-0.25, -0.2) is 4.79 Å². The minimum absolute atomic E-state index is 0.0578. The smallest absolute Gasteiger partial charge is 0.410 e. The van der Waals surface area contributed by atoms with Crippen molar-refractivity contribution >= 4 is 12.0 Å². The maximum absolute atomic E-state index is 12.4. The molecule has 1 atom stereocenters. The summed E-state index contributed by atoms with van der Waals surface area (Å²) < 4.78 is 5.39. The molecule has 2 rings (SSSR count). The number of nitrogens with zero attached hydrogens (tertiary/aromatic N) is 2. The van der Waals surface area contributed by atoms with Gasteiger partial charge in [-0.05, 0) is 51.3 Å². The first kappa shape index (κ1) is 18.8. The number of piperidine rings is 1.